The number of nitrogens with one attached hydrogen (secondary N) is 2. The second-order valence-corrected chi connectivity index (χ2v) is 8.55. The number of phenolic OH excluding ortho intramolecular Hbond substituents is 1. The zero-order chi connectivity index (χ0) is 22.3. The number of hydrogen-bond acceptors (Lipinski definition) is 5. The monoisotopic (exact) mass is 440 g/mol. The van der Waals surface area contributed by atoms with Crippen molar-refractivity contribution in [1.82, 2.24) is 0 Å². The maximum absolute atomic E-state index is 12.8. The molecule has 162 valence electrons. The van der Waals surface area contributed by atoms with Crippen LogP contribution in [0.2, 0.25) is 0 Å². The van der Waals surface area contributed by atoms with Gasteiger partial charge in [-0.15, -0.1) is 0 Å². The van der Waals surface area contributed by atoms with E-state index in [1.165, 1.54) is 25.3 Å². The fourth-order valence-corrected chi connectivity index (χ4v) is 4.12. The Labute approximate surface area is 181 Å². The van der Waals surface area contributed by atoms with Crippen molar-refractivity contribution >= 4 is 27.3 Å². The van der Waals surface area contributed by atoms with Gasteiger partial charge in [-0.25, -0.2) is 8.42 Å². The maximum atomic E-state index is 12.8. The number of aromatic hydroxyl groups is 1. The van der Waals surface area contributed by atoms with E-state index in [-0.39, 0.29) is 34.3 Å². The number of para-hydroxylation sites is 2. The Morgan fingerprint density at radius 2 is 1.68 bits per heavy atom. The van der Waals surface area contributed by atoms with Crippen LogP contribution < -0.4 is 14.8 Å². The highest BCUT2D eigenvalue weighted by molar-refractivity contribution is 7.92. The van der Waals surface area contributed by atoms with E-state index in [1.54, 1.807) is 24.3 Å². The molecule has 0 spiro atoms. The lowest BCUT2D eigenvalue weighted by Gasteiger charge is -2.13. The summed E-state index contributed by atoms with van der Waals surface area (Å²) in [6.07, 6.45) is 1.62. The highest BCUT2D eigenvalue weighted by atomic mass is 32.2. The molecule has 0 radical (unpaired) electrons. The van der Waals surface area contributed by atoms with Gasteiger partial charge in [0, 0.05) is 6.42 Å². The van der Waals surface area contributed by atoms with Gasteiger partial charge in [-0.1, -0.05) is 42.5 Å². The summed E-state index contributed by atoms with van der Waals surface area (Å²) in [5.41, 5.74) is 1.45. The Morgan fingerprint density at radius 1 is 0.968 bits per heavy atom. The predicted molar refractivity (Wildman–Crippen MR) is 120 cm³/mol. The number of sulfonamides is 1. The van der Waals surface area contributed by atoms with E-state index < -0.39 is 10.0 Å². The summed E-state index contributed by atoms with van der Waals surface area (Å²) in [6.45, 7) is 0. The van der Waals surface area contributed by atoms with Gasteiger partial charge in [0.25, 0.3) is 10.0 Å². The molecule has 0 aliphatic rings. The molecule has 31 heavy (non-hydrogen) atoms. The van der Waals surface area contributed by atoms with E-state index in [1.807, 2.05) is 30.3 Å². The summed E-state index contributed by atoms with van der Waals surface area (Å²) in [6, 6.07) is 20.1. The molecule has 3 N–H and O–H groups in total. The van der Waals surface area contributed by atoms with Crippen molar-refractivity contribution in [3.8, 4) is 11.5 Å². The highest BCUT2D eigenvalue weighted by Gasteiger charge is 2.19. The van der Waals surface area contributed by atoms with Crippen LogP contribution in [0.25, 0.3) is 0 Å². The molecule has 0 unspecified atom stereocenters. The van der Waals surface area contributed by atoms with Gasteiger partial charge in [-0.2, -0.15) is 0 Å². The van der Waals surface area contributed by atoms with Crippen molar-refractivity contribution in [3.63, 3.8) is 0 Å². The second-order valence-electron chi connectivity index (χ2n) is 6.87. The number of amides is 1. The highest BCUT2D eigenvalue weighted by Crippen LogP contribution is 2.30. The number of ether oxygens (including phenoxy) is 1. The number of hydrogen-bond donors (Lipinski definition) is 3. The van der Waals surface area contributed by atoms with E-state index in [2.05, 4.69) is 10.0 Å². The number of aryl methyl sites for hydroxylation is 1. The second kappa shape index (κ2) is 9.99. The molecule has 3 rings (SSSR count). The number of anilines is 2. The molecular weight excluding hydrogens is 416 g/mol. The van der Waals surface area contributed by atoms with Crippen LogP contribution in [-0.4, -0.2) is 26.5 Å². The number of phenols is 1. The van der Waals surface area contributed by atoms with Crippen LogP contribution in [0.15, 0.2) is 77.7 Å². The number of carbonyl (C=O) groups excluding carboxylic acids is 1. The first-order valence-corrected chi connectivity index (χ1v) is 11.2. The Morgan fingerprint density at radius 3 is 2.42 bits per heavy atom. The molecule has 0 aliphatic heterocycles. The molecule has 3 aromatic rings. The number of methoxy groups -OCH3 is 1. The van der Waals surface area contributed by atoms with Crippen LogP contribution >= 0.6 is 0 Å². The lowest BCUT2D eigenvalue weighted by atomic mass is 10.1. The number of carbonyl (C=O) groups is 1. The van der Waals surface area contributed by atoms with Gasteiger partial charge in [0.05, 0.1) is 23.4 Å². The predicted octanol–water partition coefficient (Wildman–Crippen LogP) is 4.16. The van der Waals surface area contributed by atoms with Gasteiger partial charge in [0.15, 0.2) is 0 Å². The van der Waals surface area contributed by atoms with Gasteiger partial charge < -0.3 is 15.2 Å². The molecule has 0 atom stereocenters. The Bertz CT molecular complexity index is 1150. The van der Waals surface area contributed by atoms with E-state index in [0.29, 0.717) is 12.2 Å². The van der Waals surface area contributed by atoms with E-state index in [0.717, 1.165) is 12.0 Å². The molecule has 0 saturated carbocycles. The van der Waals surface area contributed by atoms with Crippen molar-refractivity contribution in [2.45, 2.75) is 24.2 Å². The normalized spacial score (nSPS) is 11.0. The molecular formula is C23H24N2O5S. The van der Waals surface area contributed by atoms with Crippen molar-refractivity contribution < 1.29 is 23.1 Å². The molecule has 0 bridgehead atoms. The lowest BCUT2D eigenvalue weighted by Crippen LogP contribution is -2.15. The summed E-state index contributed by atoms with van der Waals surface area (Å²) >= 11 is 0. The van der Waals surface area contributed by atoms with E-state index in [9.17, 15) is 18.3 Å². The van der Waals surface area contributed by atoms with Crippen molar-refractivity contribution in [1.29, 1.82) is 0 Å². The molecule has 0 aliphatic carbocycles. The van der Waals surface area contributed by atoms with Gasteiger partial charge in [0.1, 0.15) is 11.5 Å². The van der Waals surface area contributed by atoms with Crippen LogP contribution in [0, 0.1) is 0 Å². The molecule has 0 heterocycles. The summed E-state index contributed by atoms with van der Waals surface area (Å²) in [7, 11) is -2.52. The minimum Gasteiger partial charge on any atom is -0.506 e. The first-order valence-electron chi connectivity index (χ1n) is 9.71. The van der Waals surface area contributed by atoms with E-state index in [4.69, 9.17) is 4.74 Å². The molecule has 1 amide bonds. The number of rotatable bonds is 9. The van der Waals surface area contributed by atoms with Gasteiger partial charge in [-0.3, -0.25) is 9.52 Å². The van der Waals surface area contributed by atoms with Crippen LogP contribution in [0.5, 0.6) is 11.5 Å². The van der Waals surface area contributed by atoms with Crippen molar-refractivity contribution in [2.24, 2.45) is 0 Å². The Kier molecular flexibility index (Phi) is 7.15. The first kappa shape index (κ1) is 22.2. The van der Waals surface area contributed by atoms with E-state index >= 15 is 0 Å². The SMILES string of the molecule is COc1ccccc1NS(=O)(=O)c1ccc(O)c(NC(=O)CCCc2ccccc2)c1. The van der Waals surface area contributed by atoms with Crippen molar-refractivity contribution in [3.05, 3.63) is 78.4 Å². The first-order chi connectivity index (χ1) is 14.9. The largest absolute Gasteiger partial charge is 0.506 e. The fourth-order valence-electron chi connectivity index (χ4n) is 3.03. The average molecular weight is 441 g/mol. The van der Waals surface area contributed by atoms with Gasteiger partial charge in [-0.05, 0) is 48.7 Å². The van der Waals surface area contributed by atoms with Crippen LogP contribution in [0.3, 0.4) is 0 Å². The molecule has 0 aromatic heterocycles. The van der Waals surface area contributed by atoms with Crippen LogP contribution in [0.4, 0.5) is 11.4 Å². The fraction of sp³-hybridized carbons (Fsp3) is 0.174. The van der Waals surface area contributed by atoms with Crippen LogP contribution in [-0.2, 0) is 21.2 Å². The summed E-state index contributed by atoms with van der Waals surface area (Å²) in [5.74, 6) is -0.150. The van der Waals surface area contributed by atoms with Crippen LogP contribution in [0.1, 0.15) is 18.4 Å². The third kappa shape index (κ3) is 5.99. The third-order valence-corrected chi connectivity index (χ3v) is 5.98. The maximum Gasteiger partial charge on any atom is 0.262 e. The molecule has 8 heteroatoms. The Balaban J connectivity index is 1.68. The standard InChI is InChI=1S/C23H24N2O5S/c1-30-22-12-6-5-11-19(22)25-31(28,29)18-14-15-21(26)20(16-18)24-23(27)13-7-10-17-8-3-2-4-9-17/h2-6,8-9,11-12,14-16,25-26H,7,10,13H2,1H3,(H,24,27). The zero-order valence-electron chi connectivity index (χ0n) is 17.0. The van der Waals surface area contributed by atoms with Crippen molar-refractivity contribution in [2.75, 3.05) is 17.1 Å². The Hall–Kier alpha value is -3.52. The quantitative estimate of drug-likeness (QED) is 0.433. The minimum absolute atomic E-state index is 0.0348. The molecule has 3 aromatic carbocycles. The van der Waals surface area contributed by atoms with Gasteiger partial charge in [0.2, 0.25) is 5.91 Å². The summed E-state index contributed by atoms with van der Waals surface area (Å²) < 4.78 is 33.2. The summed E-state index contributed by atoms with van der Waals surface area (Å²) in [5, 5.41) is 12.7. The molecule has 0 saturated heterocycles. The lowest BCUT2D eigenvalue weighted by molar-refractivity contribution is -0.116. The average Bonchev–Trinajstić information content (AvgIpc) is 2.76. The minimum atomic E-state index is -3.97. The third-order valence-electron chi connectivity index (χ3n) is 4.62. The summed E-state index contributed by atoms with van der Waals surface area (Å²) in [4.78, 5) is 12.2. The smallest absolute Gasteiger partial charge is 0.262 e. The van der Waals surface area contributed by atoms with Gasteiger partial charge >= 0.3 is 0 Å². The zero-order valence-corrected chi connectivity index (χ0v) is 17.9. The topological polar surface area (TPSA) is 105 Å². The molecule has 7 nitrogen and oxygen atoms in total. The number of benzene rings is 3. The molecule has 0 fully saturated rings.